The highest BCUT2D eigenvalue weighted by Crippen LogP contribution is 2.12. The minimum atomic E-state index is 0.738. The van der Waals surface area contributed by atoms with Crippen molar-refractivity contribution in [2.24, 2.45) is 0 Å². The van der Waals surface area contributed by atoms with Crippen LogP contribution >= 0.6 is 24.1 Å². The van der Waals surface area contributed by atoms with Crippen LogP contribution in [-0.4, -0.2) is 0 Å². The maximum atomic E-state index is 5.20. The molecule has 0 spiro atoms. The highest BCUT2D eigenvalue weighted by atomic mass is 32.2. The molecule has 0 heterocycles. The summed E-state index contributed by atoms with van der Waals surface area (Å²) in [5.74, 6) is 6.09. The first-order valence-electron chi connectivity index (χ1n) is 6.48. The van der Waals surface area contributed by atoms with E-state index in [0.717, 1.165) is 36.9 Å². The van der Waals surface area contributed by atoms with Crippen molar-refractivity contribution in [3.63, 3.8) is 0 Å². The van der Waals surface area contributed by atoms with Crippen LogP contribution in [0.2, 0.25) is 0 Å². The second-order valence-electron chi connectivity index (χ2n) is 4.12. The minimum absolute atomic E-state index is 0.738. The van der Waals surface area contributed by atoms with Gasteiger partial charge in [-0.1, -0.05) is 72.5 Å². The SMILES string of the molecule is C(#CSOSC#CCc1ccccc1)Cc1ccccc1. The molecule has 2 rings (SSSR count). The standard InChI is InChI=1S/C18H14OS2/c1-3-9-17(10-4-1)13-7-15-20-19-21-16-8-14-18-11-5-2-6-12-18/h1-6,9-12H,13-14H2. The Balaban J connectivity index is 1.59. The summed E-state index contributed by atoms with van der Waals surface area (Å²) >= 11 is 2.24. The van der Waals surface area contributed by atoms with Gasteiger partial charge in [-0.3, -0.25) is 0 Å². The Labute approximate surface area is 134 Å². The van der Waals surface area contributed by atoms with E-state index in [1.54, 1.807) is 0 Å². The van der Waals surface area contributed by atoms with Crippen LogP contribution in [0, 0.1) is 22.3 Å². The molecule has 3 heteroatoms. The molecule has 0 aliphatic heterocycles. The van der Waals surface area contributed by atoms with Gasteiger partial charge in [-0.25, -0.2) is 3.63 Å². The number of hydrogen-bond acceptors (Lipinski definition) is 3. The van der Waals surface area contributed by atoms with Gasteiger partial charge in [-0.15, -0.1) is 0 Å². The van der Waals surface area contributed by atoms with Crippen LogP contribution in [0.4, 0.5) is 0 Å². The molecule has 1 nitrogen and oxygen atoms in total. The van der Waals surface area contributed by atoms with Crippen molar-refractivity contribution in [2.75, 3.05) is 0 Å². The van der Waals surface area contributed by atoms with Gasteiger partial charge in [0.1, 0.15) is 0 Å². The smallest absolute Gasteiger partial charge is 0.0981 e. The molecule has 0 amide bonds. The molecule has 0 unspecified atom stereocenters. The molecule has 2 aromatic rings. The third-order valence-corrected chi connectivity index (χ3v) is 3.57. The van der Waals surface area contributed by atoms with Gasteiger partial charge in [0.05, 0.1) is 24.1 Å². The summed E-state index contributed by atoms with van der Waals surface area (Å²) in [6.07, 6.45) is 1.48. The van der Waals surface area contributed by atoms with Crippen LogP contribution in [0.3, 0.4) is 0 Å². The van der Waals surface area contributed by atoms with E-state index in [0.29, 0.717) is 0 Å². The summed E-state index contributed by atoms with van der Waals surface area (Å²) in [4.78, 5) is 0. The lowest BCUT2D eigenvalue weighted by molar-refractivity contribution is 0.776. The van der Waals surface area contributed by atoms with Crippen LogP contribution in [0.25, 0.3) is 0 Å². The molecule has 0 aromatic heterocycles. The van der Waals surface area contributed by atoms with Gasteiger partial charge in [0.15, 0.2) is 0 Å². The molecule has 0 radical (unpaired) electrons. The molecule has 0 saturated heterocycles. The number of hydrogen-bond donors (Lipinski definition) is 0. The third kappa shape index (κ3) is 6.97. The minimum Gasteiger partial charge on any atom is -0.220 e. The Kier molecular flexibility index (Phi) is 7.45. The van der Waals surface area contributed by atoms with Gasteiger partial charge in [0.2, 0.25) is 0 Å². The van der Waals surface area contributed by atoms with Crippen molar-refractivity contribution in [3.8, 4) is 22.3 Å². The summed E-state index contributed by atoms with van der Waals surface area (Å²) in [7, 11) is 0. The number of rotatable bonds is 4. The van der Waals surface area contributed by atoms with Crippen molar-refractivity contribution in [1.82, 2.24) is 0 Å². The van der Waals surface area contributed by atoms with E-state index >= 15 is 0 Å². The predicted octanol–water partition coefficient (Wildman–Crippen LogP) is 4.71. The quantitative estimate of drug-likeness (QED) is 0.460. The second kappa shape index (κ2) is 10.0. The van der Waals surface area contributed by atoms with Crippen LogP contribution in [0.5, 0.6) is 0 Å². The largest absolute Gasteiger partial charge is 0.220 e. The van der Waals surface area contributed by atoms with Gasteiger partial charge in [0.25, 0.3) is 0 Å². The number of benzene rings is 2. The third-order valence-electron chi connectivity index (χ3n) is 2.57. The highest BCUT2D eigenvalue weighted by Gasteiger charge is 1.87. The van der Waals surface area contributed by atoms with Crippen LogP contribution in [0.15, 0.2) is 60.7 Å². The first kappa shape index (κ1) is 15.6. The van der Waals surface area contributed by atoms with Gasteiger partial charge >= 0.3 is 0 Å². The second-order valence-corrected chi connectivity index (χ2v) is 5.40. The average molecular weight is 310 g/mol. The van der Waals surface area contributed by atoms with Crippen molar-refractivity contribution < 1.29 is 3.63 Å². The van der Waals surface area contributed by atoms with E-state index < -0.39 is 0 Å². The Morgan fingerprint density at radius 2 is 1.10 bits per heavy atom. The molecule has 0 aliphatic carbocycles. The molecule has 0 aliphatic rings. The summed E-state index contributed by atoms with van der Waals surface area (Å²) < 4.78 is 5.20. The van der Waals surface area contributed by atoms with E-state index in [2.05, 4.69) is 46.6 Å². The van der Waals surface area contributed by atoms with Crippen molar-refractivity contribution in [1.29, 1.82) is 0 Å². The van der Waals surface area contributed by atoms with Gasteiger partial charge in [-0.05, 0) is 21.6 Å². The van der Waals surface area contributed by atoms with Gasteiger partial charge in [-0.2, -0.15) is 0 Å². The van der Waals surface area contributed by atoms with Gasteiger partial charge < -0.3 is 0 Å². The van der Waals surface area contributed by atoms with Crippen LogP contribution < -0.4 is 0 Å². The summed E-state index contributed by atoms with van der Waals surface area (Å²) in [5, 5.41) is 5.80. The molecular weight excluding hydrogens is 296 g/mol. The molecule has 0 fully saturated rings. The first-order chi connectivity index (χ1) is 10.4. The summed E-state index contributed by atoms with van der Waals surface area (Å²) in [6.45, 7) is 0. The van der Waals surface area contributed by atoms with Crippen molar-refractivity contribution in [2.45, 2.75) is 12.8 Å². The normalized spacial score (nSPS) is 9.14. The fourth-order valence-corrected chi connectivity index (χ4v) is 2.25. The molecule has 104 valence electrons. The maximum Gasteiger partial charge on any atom is 0.0981 e. The molecule has 0 saturated carbocycles. The zero-order valence-corrected chi connectivity index (χ0v) is 13.0. The Morgan fingerprint density at radius 3 is 1.52 bits per heavy atom. The monoisotopic (exact) mass is 310 g/mol. The van der Waals surface area contributed by atoms with Crippen LogP contribution in [0.1, 0.15) is 11.1 Å². The van der Waals surface area contributed by atoms with E-state index in [-0.39, 0.29) is 0 Å². The highest BCUT2D eigenvalue weighted by molar-refractivity contribution is 8.12. The molecular formula is C18H14OS2. The molecule has 2 aromatic carbocycles. The lowest BCUT2D eigenvalue weighted by Crippen LogP contribution is -1.78. The Morgan fingerprint density at radius 1 is 0.667 bits per heavy atom. The van der Waals surface area contributed by atoms with E-state index in [1.807, 2.05) is 36.4 Å². The lowest BCUT2D eigenvalue weighted by Gasteiger charge is -1.91. The zero-order valence-electron chi connectivity index (χ0n) is 11.4. The fraction of sp³-hybridized carbons (Fsp3) is 0.111. The molecule has 0 bridgehead atoms. The van der Waals surface area contributed by atoms with E-state index in [4.69, 9.17) is 3.63 Å². The first-order valence-corrected chi connectivity index (χ1v) is 7.96. The van der Waals surface area contributed by atoms with E-state index in [1.165, 1.54) is 11.1 Å². The molecule has 0 atom stereocenters. The maximum absolute atomic E-state index is 5.20. The summed E-state index contributed by atoms with van der Waals surface area (Å²) in [5.41, 5.74) is 2.42. The molecule has 0 N–H and O–H groups in total. The van der Waals surface area contributed by atoms with Gasteiger partial charge in [0, 0.05) is 12.8 Å². The fourth-order valence-electron chi connectivity index (χ4n) is 1.58. The van der Waals surface area contributed by atoms with Crippen molar-refractivity contribution in [3.05, 3.63) is 71.8 Å². The summed E-state index contributed by atoms with van der Waals surface area (Å²) in [6, 6.07) is 20.3. The zero-order chi connectivity index (χ0) is 14.6. The average Bonchev–Trinajstić information content (AvgIpc) is 2.55. The molecule has 21 heavy (non-hydrogen) atoms. The van der Waals surface area contributed by atoms with Crippen molar-refractivity contribution >= 4 is 24.1 Å². The topological polar surface area (TPSA) is 9.23 Å². The van der Waals surface area contributed by atoms with Crippen LogP contribution in [-0.2, 0) is 16.5 Å². The predicted molar refractivity (Wildman–Crippen MR) is 92.1 cm³/mol. The lowest BCUT2D eigenvalue weighted by atomic mass is 10.2. The Bertz CT molecular complexity index is 586. The Hall–Kier alpha value is -1.78. The van der Waals surface area contributed by atoms with E-state index in [9.17, 15) is 0 Å².